The van der Waals surface area contributed by atoms with Crippen molar-refractivity contribution in [1.29, 1.82) is 5.26 Å². The summed E-state index contributed by atoms with van der Waals surface area (Å²) in [4.78, 5) is 27.0. The Labute approximate surface area is 234 Å². The van der Waals surface area contributed by atoms with Crippen LogP contribution in [0.15, 0.2) is 54.9 Å². The van der Waals surface area contributed by atoms with Crippen LogP contribution in [0.3, 0.4) is 0 Å². The number of hydrogen-bond donors (Lipinski definition) is 1. The van der Waals surface area contributed by atoms with Crippen LogP contribution in [0.5, 0.6) is 5.88 Å². The number of ether oxygens (including phenoxy) is 1. The summed E-state index contributed by atoms with van der Waals surface area (Å²) in [6.07, 6.45) is 5.82. The van der Waals surface area contributed by atoms with Crippen molar-refractivity contribution in [3.63, 3.8) is 0 Å². The number of carbonyl (C=O) groups is 1. The van der Waals surface area contributed by atoms with E-state index >= 15 is 0 Å². The van der Waals surface area contributed by atoms with Gasteiger partial charge in [0.05, 0.1) is 40.6 Å². The van der Waals surface area contributed by atoms with Crippen LogP contribution in [-0.4, -0.2) is 60.6 Å². The Hall–Kier alpha value is -3.67. The van der Waals surface area contributed by atoms with Gasteiger partial charge in [0.15, 0.2) is 0 Å². The van der Waals surface area contributed by atoms with Crippen molar-refractivity contribution in [3.8, 4) is 23.2 Å². The van der Waals surface area contributed by atoms with Gasteiger partial charge in [-0.3, -0.25) is 9.78 Å². The van der Waals surface area contributed by atoms with Gasteiger partial charge >= 0.3 is 0 Å². The number of carbonyl (C=O) groups excluding carboxylic acids is 1. The molecule has 39 heavy (non-hydrogen) atoms. The third-order valence-corrected chi connectivity index (χ3v) is 8.04. The minimum atomic E-state index is -0.558. The number of rotatable bonds is 7. The highest BCUT2D eigenvalue weighted by Gasteiger charge is 2.40. The molecular formula is C30H33ClN6O2. The van der Waals surface area contributed by atoms with Crippen LogP contribution in [0.4, 0.5) is 5.69 Å². The lowest BCUT2D eigenvalue weighted by Gasteiger charge is -2.44. The molecule has 9 heteroatoms. The number of piperidine rings is 1. The van der Waals surface area contributed by atoms with E-state index in [4.69, 9.17) is 21.3 Å². The van der Waals surface area contributed by atoms with E-state index in [-0.39, 0.29) is 11.8 Å². The summed E-state index contributed by atoms with van der Waals surface area (Å²) < 4.78 is 5.71. The highest BCUT2D eigenvalue weighted by atomic mass is 35.5. The molecule has 0 unspecified atom stereocenters. The summed E-state index contributed by atoms with van der Waals surface area (Å²) in [5.41, 5.74) is 3.44. The first kappa shape index (κ1) is 26.9. The van der Waals surface area contributed by atoms with Gasteiger partial charge in [-0.25, -0.2) is 4.98 Å². The predicted molar refractivity (Wildman–Crippen MR) is 152 cm³/mol. The van der Waals surface area contributed by atoms with Crippen molar-refractivity contribution < 1.29 is 9.53 Å². The summed E-state index contributed by atoms with van der Waals surface area (Å²) in [7, 11) is 2.05. The molecule has 1 N–H and O–H groups in total. The summed E-state index contributed by atoms with van der Waals surface area (Å²) >= 11 is 6.13. The second-order valence-electron chi connectivity index (χ2n) is 10.3. The SMILES string of the molecule is CCOc1ncccc1-c1ccc(C2(NC(=O)[C@H]3CCN(C)C3)CCN(c3ccc(Cl)cc3C#N)CC2)cn1. The minimum absolute atomic E-state index is 0.0252. The van der Waals surface area contributed by atoms with E-state index in [1.54, 1.807) is 12.3 Å². The van der Waals surface area contributed by atoms with Gasteiger partial charge in [-0.15, -0.1) is 0 Å². The van der Waals surface area contributed by atoms with E-state index < -0.39 is 5.54 Å². The van der Waals surface area contributed by atoms with Crippen molar-refractivity contribution in [1.82, 2.24) is 20.2 Å². The van der Waals surface area contributed by atoms with Crippen LogP contribution in [-0.2, 0) is 10.3 Å². The molecule has 0 saturated carbocycles. The molecule has 0 aliphatic carbocycles. The number of halogens is 1. The van der Waals surface area contributed by atoms with Crippen LogP contribution in [0.1, 0.15) is 37.3 Å². The van der Waals surface area contributed by atoms with Crippen molar-refractivity contribution in [2.45, 2.75) is 31.7 Å². The zero-order chi connectivity index (χ0) is 27.4. The number of benzene rings is 1. The second-order valence-corrected chi connectivity index (χ2v) is 10.7. The maximum atomic E-state index is 13.5. The van der Waals surface area contributed by atoms with Gasteiger partial charge in [-0.2, -0.15) is 5.26 Å². The van der Waals surface area contributed by atoms with Gasteiger partial charge in [-0.05, 0) is 81.7 Å². The van der Waals surface area contributed by atoms with Gasteiger partial charge < -0.3 is 19.9 Å². The molecule has 0 radical (unpaired) electrons. The maximum absolute atomic E-state index is 13.5. The third-order valence-electron chi connectivity index (χ3n) is 7.81. The normalized spacial score (nSPS) is 18.9. The molecule has 4 heterocycles. The quantitative estimate of drug-likeness (QED) is 0.463. The number of nitrogens with one attached hydrogen (secondary N) is 1. The van der Waals surface area contributed by atoms with E-state index in [1.807, 2.05) is 43.5 Å². The Morgan fingerprint density at radius 3 is 2.69 bits per heavy atom. The number of anilines is 1. The Balaban J connectivity index is 1.43. The summed E-state index contributed by atoms with van der Waals surface area (Å²) in [6, 6.07) is 15.5. The molecule has 0 bridgehead atoms. The maximum Gasteiger partial charge on any atom is 0.225 e. The predicted octanol–water partition coefficient (Wildman–Crippen LogP) is 4.63. The summed E-state index contributed by atoms with van der Waals surface area (Å²) in [5.74, 6) is 0.618. The molecule has 2 fully saturated rings. The van der Waals surface area contributed by atoms with Crippen molar-refractivity contribution in [2.75, 3.05) is 44.7 Å². The standard InChI is InChI=1S/C30H33ClN6O2/c1-3-39-29-25(5-4-13-33-29)26-8-6-23(19-34-26)30(35-28(38)21-10-14-36(2)20-21)11-15-37(16-12-30)27-9-7-24(31)17-22(27)18-32/h4-9,13,17,19,21H,3,10-12,14-16,20H2,1-2H3,(H,35,38)/t21-/m0/s1. The van der Waals surface area contributed by atoms with Gasteiger partial charge in [0.25, 0.3) is 0 Å². The van der Waals surface area contributed by atoms with Gasteiger partial charge in [0.1, 0.15) is 6.07 Å². The number of nitrogens with zero attached hydrogens (tertiary/aromatic N) is 5. The highest BCUT2D eigenvalue weighted by molar-refractivity contribution is 6.30. The molecule has 2 aromatic heterocycles. The fourth-order valence-electron chi connectivity index (χ4n) is 5.65. The number of hydrogen-bond acceptors (Lipinski definition) is 7. The van der Waals surface area contributed by atoms with E-state index in [9.17, 15) is 10.1 Å². The van der Waals surface area contributed by atoms with Gasteiger partial charge in [0, 0.05) is 37.1 Å². The number of amides is 1. The fourth-order valence-corrected chi connectivity index (χ4v) is 5.82. The monoisotopic (exact) mass is 544 g/mol. The van der Waals surface area contributed by atoms with E-state index in [2.05, 4.69) is 39.3 Å². The van der Waals surface area contributed by atoms with E-state index in [0.717, 1.165) is 42.0 Å². The molecule has 2 aliphatic heterocycles. The molecule has 3 aromatic rings. The van der Waals surface area contributed by atoms with E-state index in [1.165, 1.54) is 0 Å². The first-order valence-electron chi connectivity index (χ1n) is 13.4. The topological polar surface area (TPSA) is 94.4 Å². The van der Waals surface area contributed by atoms with Crippen LogP contribution in [0.2, 0.25) is 5.02 Å². The first-order chi connectivity index (χ1) is 18.9. The second kappa shape index (κ2) is 11.6. The van der Waals surface area contributed by atoms with Crippen molar-refractivity contribution in [3.05, 3.63) is 71.0 Å². The zero-order valence-corrected chi connectivity index (χ0v) is 23.1. The molecule has 5 rings (SSSR count). The molecule has 2 saturated heterocycles. The lowest BCUT2D eigenvalue weighted by Crippen LogP contribution is -2.54. The average Bonchev–Trinajstić information content (AvgIpc) is 3.40. The molecule has 1 atom stereocenters. The number of likely N-dealkylation sites (tertiary alicyclic amines) is 1. The summed E-state index contributed by atoms with van der Waals surface area (Å²) in [5, 5.41) is 13.7. The lowest BCUT2D eigenvalue weighted by atomic mass is 9.80. The minimum Gasteiger partial charge on any atom is -0.477 e. The van der Waals surface area contributed by atoms with Crippen LogP contribution < -0.4 is 15.0 Å². The number of nitriles is 1. The molecule has 1 amide bonds. The largest absolute Gasteiger partial charge is 0.477 e. The van der Waals surface area contributed by atoms with Crippen LogP contribution in [0.25, 0.3) is 11.3 Å². The van der Waals surface area contributed by atoms with Crippen LogP contribution >= 0.6 is 11.6 Å². The highest BCUT2D eigenvalue weighted by Crippen LogP contribution is 2.37. The lowest BCUT2D eigenvalue weighted by molar-refractivity contribution is -0.127. The molecule has 202 valence electrons. The van der Waals surface area contributed by atoms with Gasteiger partial charge in [-0.1, -0.05) is 17.7 Å². The Morgan fingerprint density at radius 2 is 2.03 bits per heavy atom. The van der Waals surface area contributed by atoms with Gasteiger partial charge in [0.2, 0.25) is 11.8 Å². The van der Waals surface area contributed by atoms with Crippen molar-refractivity contribution >= 4 is 23.2 Å². The number of pyridine rings is 2. The van der Waals surface area contributed by atoms with Crippen molar-refractivity contribution in [2.24, 2.45) is 5.92 Å². The van der Waals surface area contributed by atoms with E-state index in [0.29, 0.717) is 49.0 Å². The Bertz CT molecular complexity index is 1360. The smallest absolute Gasteiger partial charge is 0.225 e. The first-order valence-corrected chi connectivity index (χ1v) is 13.8. The fraction of sp³-hybridized carbons (Fsp3) is 0.400. The molecule has 0 spiro atoms. The van der Waals surface area contributed by atoms with Crippen LogP contribution in [0, 0.1) is 17.2 Å². The molecule has 8 nitrogen and oxygen atoms in total. The zero-order valence-electron chi connectivity index (χ0n) is 22.4. The Kier molecular flexibility index (Phi) is 8.01. The number of aromatic nitrogens is 2. The molecular weight excluding hydrogens is 512 g/mol. The molecule has 2 aliphatic rings. The Morgan fingerprint density at radius 1 is 1.21 bits per heavy atom. The third kappa shape index (κ3) is 5.70. The average molecular weight is 545 g/mol. The molecule has 1 aromatic carbocycles. The summed E-state index contributed by atoms with van der Waals surface area (Å²) in [6.45, 7) is 5.50.